The smallest absolute Gasteiger partial charge is 0.293 e. The normalized spacial score (nSPS) is 15.4. The van der Waals surface area contributed by atoms with Crippen LogP contribution in [0.15, 0.2) is 45.8 Å². The van der Waals surface area contributed by atoms with Gasteiger partial charge in [-0.25, -0.2) is 4.39 Å². The molecule has 0 saturated carbocycles. The van der Waals surface area contributed by atoms with Gasteiger partial charge in [0.15, 0.2) is 11.5 Å². The molecule has 0 unspecified atom stereocenters. The Morgan fingerprint density at radius 3 is 2.64 bits per heavy atom. The number of halogens is 2. The van der Waals surface area contributed by atoms with E-state index in [0.717, 1.165) is 16.7 Å². The van der Waals surface area contributed by atoms with Crippen molar-refractivity contribution >= 4 is 44.9 Å². The first-order valence-corrected chi connectivity index (χ1v) is 10.0. The molecule has 0 bridgehead atoms. The lowest BCUT2D eigenvalue weighted by Gasteiger charge is -2.15. The van der Waals surface area contributed by atoms with Crippen molar-refractivity contribution in [1.29, 1.82) is 0 Å². The summed E-state index contributed by atoms with van der Waals surface area (Å²) in [6.07, 6.45) is 1.64. The Bertz CT molecular complexity index is 963. The SMILES string of the molecule is CCOc1cc(/C=C2\SC(=O)N(C)C2=O)cc(Br)c1OCc1cccc(F)c1. The number of hydrogen-bond donors (Lipinski definition) is 0. The van der Waals surface area contributed by atoms with Gasteiger partial charge in [0.05, 0.1) is 16.0 Å². The lowest BCUT2D eigenvalue weighted by atomic mass is 10.1. The van der Waals surface area contributed by atoms with Crippen LogP contribution in [0.1, 0.15) is 18.1 Å². The quantitative estimate of drug-likeness (QED) is 0.546. The fraction of sp³-hybridized carbons (Fsp3) is 0.200. The van der Waals surface area contributed by atoms with E-state index in [2.05, 4.69) is 15.9 Å². The number of carbonyl (C=O) groups is 2. The summed E-state index contributed by atoms with van der Waals surface area (Å²) in [6, 6.07) is 9.68. The first kappa shape index (κ1) is 20.4. The number of nitrogens with zero attached hydrogens (tertiary/aromatic N) is 1. The van der Waals surface area contributed by atoms with Gasteiger partial charge in [0.2, 0.25) is 0 Å². The van der Waals surface area contributed by atoms with E-state index in [9.17, 15) is 14.0 Å². The number of rotatable bonds is 6. The second-order valence-electron chi connectivity index (χ2n) is 5.92. The largest absolute Gasteiger partial charge is 0.490 e. The molecule has 2 aromatic carbocycles. The van der Waals surface area contributed by atoms with Gasteiger partial charge in [-0.15, -0.1) is 0 Å². The van der Waals surface area contributed by atoms with E-state index in [0.29, 0.717) is 38.6 Å². The lowest BCUT2D eigenvalue weighted by molar-refractivity contribution is -0.121. The maximum Gasteiger partial charge on any atom is 0.293 e. The molecule has 0 atom stereocenters. The highest BCUT2D eigenvalue weighted by molar-refractivity contribution is 9.10. The number of thioether (sulfide) groups is 1. The highest BCUT2D eigenvalue weighted by atomic mass is 79.9. The molecule has 0 radical (unpaired) electrons. The van der Waals surface area contributed by atoms with Crippen LogP contribution in [0, 0.1) is 5.82 Å². The molecule has 28 heavy (non-hydrogen) atoms. The minimum absolute atomic E-state index is 0.171. The van der Waals surface area contributed by atoms with Gasteiger partial charge >= 0.3 is 0 Å². The molecule has 146 valence electrons. The van der Waals surface area contributed by atoms with E-state index in [4.69, 9.17) is 9.47 Å². The Morgan fingerprint density at radius 2 is 2.00 bits per heavy atom. The van der Waals surface area contributed by atoms with Crippen molar-refractivity contribution in [3.8, 4) is 11.5 Å². The van der Waals surface area contributed by atoms with Crippen LogP contribution in [0.25, 0.3) is 6.08 Å². The molecule has 0 N–H and O–H groups in total. The average molecular weight is 466 g/mol. The maximum atomic E-state index is 13.4. The van der Waals surface area contributed by atoms with Crippen molar-refractivity contribution in [2.75, 3.05) is 13.7 Å². The number of ether oxygens (including phenoxy) is 2. The van der Waals surface area contributed by atoms with Gasteiger partial charge in [-0.2, -0.15) is 0 Å². The van der Waals surface area contributed by atoms with Gasteiger partial charge in [0, 0.05) is 7.05 Å². The fourth-order valence-electron chi connectivity index (χ4n) is 2.55. The first-order chi connectivity index (χ1) is 13.4. The predicted molar refractivity (Wildman–Crippen MR) is 110 cm³/mol. The number of amides is 2. The summed E-state index contributed by atoms with van der Waals surface area (Å²) in [5.41, 5.74) is 1.38. The third kappa shape index (κ3) is 4.56. The zero-order chi connectivity index (χ0) is 20.3. The Hall–Kier alpha value is -2.32. The maximum absolute atomic E-state index is 13.4. The zero-order valence-corrected chi connectivity index (χ0v) is 17.6. The van der Waals surface area contributed by atoms with Gasteiger partial charge in [-0.05, 0) is 76.1 Å². The molecule has 2 amide bonds. The van der Waals surface area contributed by atoms with Crippen molar-refractivity contribution < 1.29 is 23.5 Å². The van der Waals surface area contributed by atoms with Crippen molar-refractivity contribution in [3.63, 3.8) is 0 Å². The lowest BCUT2D eigenvalue weighted by Crippen LogP contribution is -2.22. The molecule has 0 spiro atoms. The molecular weight excluding hydrogens is 449 g/mol. The monoisotopic (exact) mass is 465 g/mol. The summed E-state index contributed by atoms with van der Waals surface area (Å²) in [6.45, 7) is 2.43. The highest BCUT2D eigenvalue weighted by Gasteiger charge is 2.31. The molecule has 1 fully saturated rings. The molecular formula is C20H17BrFNO4S. The van der Waals surface area contributed by atoms with Gasteiger partial charge in [-0.3, -0.25) is 14.5 Å². The van der Waals surface area contributed by atoms with Gasteiger partial charge in [0.1, 0.15) is 12.4 Å². The van der Waals surface area contributed by atoms with Crippen LogP contribution in [0.2, 0.25) is 0 Å². The summed E-state index contributed by atoms with van der Waals surface area (Å²) in [4.78, 5) is 25.2. The third-order valence-electron chi connectivity index (χ3n) is 3.89. The predicted octanol–water partition coefficient (Wildman–Crippen LogP) is 5.23. The van der Waals surface area contributed by atoms with Gasteiger partial charge in [-0.1, -0.05) is 12.1 Å². The molecule has 1 heterocycles. The van der Waals surface area contributed by atoms with Crippen LogP contribution in [0.3, 0.4) is 0 Å². The standard InChI is InChI=1S/C20H17BrFNO4S/c1-3-26-16-9-13(10-17-19(24)23(2)20(25)28-17)8-15(21)18(16)27-11-12-5-4-6-14(22)7-12/h4-10H,3,11H2,1-2H3/b17-10-. The molecule has 2 aromatic rings. The van der Waals surface area contributed by atoms with Crippen molar-refractivity contribution in [1.82, 2.24) is 4.90 Å². The minimum Gasteiger partial charge on any atom is -0.490 e. The molecule has 0 aromatic heterocycles. The van der Waals surface area contributed by atoms with E-state index in [-0.39, 0.29) is 23.6 Å². The van der Waals surface area contributed by atoms with E-state index in [1.54, 1.807) is 30.3 Å². The van der Waals surface area contributed by atoms with Crippen LogP contribution in [0.5, 0.6) is 11.5 Å². The number of benzene rings is 2. The Kier molecular flexibility index (Phi) is 6.41. The zero-order valence-electron chi connectivity index (χ0n) is 15.2. The topological polar surface area (TPSA) is 55.8 Å². The second kappa shape index (κ2) is 8.79. The van der Waals surface area contributed by atoms with Crippen LogP contribution in [-0.2, 0) is 11.4 Å². The van der Waals surface area contributed by atoms with E-state index >= 15 is 0 Å². The van der Waals surface area contributed by atoms with Gasteiger partial charge in [0.25, 0.3) is 11.1 Å². The van der Waals surface area contributed by atoms with Crippen molar-refractivity contribution in [2.24, 2.45) is 0 Å². The molecule has 5 nitrogen and oxygen atoms in total. The first-order valence-electron chi connectivity index (χ1n) is 8.44. The molecule has 1 saturated heterocycles. The summed E-state index contributed by atoms with van der Waals surface area (Å²) in [7, 11) is 1.45. The molecule has 1 aliphatic rings. The number of hydrogen-bond acceptors (Lipinski definition) is 5. The van der Waals surface area contributed by atoms with Crippen LogP contribution >= 0.6 is 27.7 Å². The molecule has 3 rings (SSSR count). The highest BCUT2D eigenvalue weighted by Crippen LogP contribution is 2.39. The summed E-state index contributed by atoms with van der Waals surface area (Å²) >= 11 is 4.36. The second-order valence-corrected chi connectivity index (χ2v) is 7.77. The third-order valence-corrected chi connectivity index (χ3v) is 5.44. The number of carbonyl (C=O) groups excluding carboxylic acids is 2. The fourth-order valence-corrected chi connectivity index (χ4v) is 3.95. The Balaban J connectivity index is 1.88. The van der Waals surface area contributed by atoms with E-state index in [1.165, 1.54) is 19.2 Å². The van der Waals surface area contributed by atoms with Gasteiger partial charge < -0.3 is 9.47 Å². The summed E-state index contributed by atoms with van der Waals surface area (Å²) < 4.78 is 25.5. The van der Waals surface area contributed by atoms with E-state index in [1.807, 2.05) is 6.92 Å². The number of imide groups is 1. The van der Waals surface area contributed by atoms with Crippen molar-refractivity contribution in [2.45, 2.75) is 13.5 Å². The van der Waals surface area contributed by atoms with Crippen LogP contribution in [-0.4, -0.2) is 29.7 Å². The molecule has 1 aliphatic heterocycles. The number of likely N-dealkylation sites (N-methyl/N-ethyl adjacent to an activating group) is 1. The Labute approximate surface area is 174 Å². The summed E-state index contributed by atoms with van der Waals surface area (Å²) in [5.74, 6) is 0.294. The molecule has 8 heteroatoms. The minimum atomic E-state index is -0.337. The van der Waals surface area contributed by atoms with Crippen molar-refractivity contribution in [3.05, 3.63) is 62.7 Å². The molecule has 0 aliphatic carbocycles. The van der Waals surface area contributed by atoms with Crippen LogP contribution < -0.4 is 9.47 Å². The average Bonchev–Trinajstić information content (AvgIpc) is 2.88. The Morgan fingerprint density at radius 1 is 1.21 bits per heavy atom. The van der Waals surface area contributed by atoms with Crippen LogP contribution in [0.4, 0.5) is 9.18 Å². The van der Waals surface area contributed by atoms with E-state index < -0.39 is 0 Å². The summed E-state index contributed by atoms with van der Waals surface area (Å²) in [5, 5.41) is -0.310.